The van der Waals surface area contributed by atoms with E-state index in [-0.39, 0.29) is 5.92 Å². The lowest BCUT2D eigenvalue weighted by Crippen LogP contribution is -2.51. The fraction of sp³-hybridized carbons (Fsp3) is 0.909. The van der Waals surface area contributed by atoms with E-state index in [1.54, 1.807) is 0 Å². The lowest BCUT2D eigenvalue weighted by molar-refractivity contribution is -0.143. The molecule has 15 heavy (non-hydrogen) atoms. The molecule has 0 radical (unpaired) electrons. The molecule has 2 saturated heterocycles. The first kappa shape index (κ1) is 10.9. The second kappa shape index (κ2) is 4.94. The SMILES string of the molecule is O=C(O)C1CCN(C2CCCCN2)CC1. The Hall–Kier alpha value is -0.610. The molecule has 4 heteroatoms. The molecule has 2 N–H and O–H groups in total. The van der Waals surface area contributed by atoms with Crippen LogP contribution in [0.15, 0.2) is 0 Å². The molecule has 0 aliphatic carbocycles. The lowest BCUT2D eigenvalue weighted by Gasteiger charge is -2.38. The van der Waals surface area contributed by atoms with E-state index < -0.39 is 5.97 Å². The summed E-state index contributed by atoms with van der Waals surface area (Å²) in [6, 6.07) is 0. The summed E-state index contributed by atoms with van der Waals surface area (Å²) < 4.78 is 0. The first-order valence-corrected chi connectivity index (χ1v) is 5.97. The maximum atomic E-state index is 10.8. The minimum Gasteiger partial charge on any atom is -0.481 e. The second-order valence-electron chi connectivity index (χ2n) is 4.61. The first-order chi connectivity index (χ1) is 7.27. The maximum absolute atomic E-state index is 10.8. The number of hydrogen-bond acceptors (Lipinski definition) is 3. The molecule has 2 aliphatic heterocycles. The number of hydrogen-bond donors (Lipinski definition) is 2. The van der Waals surface area contributed by atoms with Gasteiger partial charge in [-0.2, -0.15) is 0 Å². The molecular formula is C11H20N2O2. The average Bonchev–Trinajstić information content (AvgIpc) is 2.30. The summed E-state index contributed by atoms with van der Waals surface area (Å²) in [6.45, 7) is 2.99. The highest BCUT2D eigenvalue weighted by molar-refractivity contribution is 5.70. The fourth-order valence-corrected chi connectivity index (χ4v) is 2.60. The molecule has 1 unspecified atom stereocenters. The topological polar surface area (TPSA) is 52.6 Å². The molecule has 0 bridgehead atoms. The van der Waals surface area contributed by atoms with Gasteiger partial charge in [-0.05, 0) is 38.6 Å². The molecule has 0 amide bonds. The van der Waals surface area contributed by atoms with Gasteiger partial charge in [0.25, 0.3) is 0 Å². The van der Waals surface area contributed by atoms with Crippen molar-refractivity contribution in [2.45, 2.75) is 38.3 Å². The highest BCUT2D eigenvalue weighted by Gasteiger charge is 2.28. The minimum absolute atomic E-state index is 0.107. The Kier molecular flexibility index (Phi) is 3.59. The Labute approximate surface area is 90.6 Å². The van der Waals surface area contributed by atoms with Crippen LogP contribution >= 0.6 is 0 Å². The van der Waals surface area contributed by atoms with Gasteiger partial charge in [0.2, 0.25) is 0 Å². The Morgan fingerprint density at radius 2 is 1.93 bits per heavy atom. The fourth-order valence-electron chi connectivity index (χ4n) is 2.60. The van der Waals surface area contributed by atoms with Crippen molar-refractivity contribution in [3.63, 3.8) is 0 Å². The van der Waals surface area contributed by atoms with E-state index in [1.807, 2.05) is 0 Å². The number of aliphatic carboxylic acids is 1. The summed E-state index contributed by atoms with van der Waals surface area (Å²) in [5.41, 5.74) is 0. The summed E-state index contributed by atoms with van der Waals surface area (Å²) >= 11 is 0. The molecule has 2 aliphatic rings. The number of likely N-dealkylation sites (tertiary alicyclic amines) is 1. The third-order valence-electron chi connectivity index (χ3n) is 3.60. The van der Waals surface area contributed by atoms with Crippen LogP contribution in [0.1, 0.15) is 32.1 Å². The zero-order valence-electron chi connectivity index (χ0n) is 9.11. The zero-order valence-corrected chi connectivity index (χ0v) is 9.11. The largest absolute Gasteiger partial charge is 0.481 e. The molecule has 86 valence electrons. The monoisotopic (exact) mass is 212 g/mol. The zero-order chi connectivity index (χ0) is 10.7. The quantitative estimate of drug-likeness (QED) is 0.713. The van der Waals surface area contributed by atoms with Crippen LogP contribution in [0.2, 0.25) is 0 Å². The number of carboxylic acids is 1. The minimum atomic E-state index is -0.619. The van der Waals surface area contributed by atoms with Crippen molar-refractivity contribution < 1.29 is 9.90 Å². The molecule has 0 aromatic heterocycles. The van der Waals surface area contributed by atoms with Crippen molar-refractivity contribution in [2.24, 2.45) is 5.92 Å². The van der Waals surface area contributed by atoms with Crippen LogP contribution in [0.5, 0.6) is 0 Å². The number of rotatable bonds is 2. The molecule has 2 fully saturated rings. The number of nitrogens with one attached hydrogen (secondary N) is 1. The molecule has 0 aromatic rings. The summed E-state index contributed by atoms with van der Waals surface area (Å²) in [6.07, 6.45) is 5.94. The van der Waals surface area contributed by atoms with Gasteiger partial charge in [0.1, 0.15) is 0 Å². The van der Waals surface area contributed by atoms with E-state index >= 15 is 0 Å². The molecular weight excluding hydrogens is 192 g/mol. The molecule has 1 atom stereocenters. The third-order valence-corrected chi connectivity index (χ3v) is 3.60. The Bertz CT molecular complexity index is 219. The van der Waals surface area contributed by atoms with Crippen molar-refractivity contribution in [3.8, 4) is 0 Å². The molecule has 4 nitrogen and oxygen atoms in total. The van der Waals surface area contributed by atoms with Crippen LogP contribution in [0.25, 0.3) is 0 Å². The molecule has 2 heterocycles. The predicted octanol–water partition coefficient (Wildman–Crippen LogP) is 0.883. The van der Waals surface area contributed by atoms with E-state index in [9.17, 15) is 4.79 Å². The maximum Gasteiger partial charge on any atom is 0.306 e. The highest BCUT2D eigenvalue weighted by atomic mass is 16.4. The molecule has 2 rings (SSSR count). The van der Waals surface area contributed by atoms with Crippen molar-refractivity contribution in [3.05, 3.63) is 0 Å². The van der Waals surface area contributed by atoms with E-state index in [2.05, 4.69) is 10.2 Å². The summed E-state index contributed by atoms with van der Waals surface area (Å²) in [4.78, 5) is 13.2. The van der Waals surface area contributed by atoms with Crippen LogP contribution < -0.4 is 5.32 Å². The number of carboxylic acid groups (broad SMARTS) is 1. The predicted molar refractivity (Wildman–Crippen MR) is 57.6 cm³/mol. The summed E-state index contributed by atoms with van der Waals surface area (Å²) in [7, 11) is 0. The van der Waals surface area contributed by atoms with Crippen molar-refractivity contribution in [1.29, 1.82) is 0 Å². The van der Waals surface area contributed by atoms with E-state index in [0.29, 0.717) is 6.17 Å². The Morgan fingerprint density at radius 1 is 1.20 bits per heavy atom. The first-order valence-electron chi connectivity index (χ1n) is 5.97. The van der Waals surface area contributed by atoms with Crippen LogP contribution in [0, 0.1) is 5.92 Å². The van der Waals surface area contributed by atoms with E-state index in [4.69, 9.17) is 5.11 Å². The van der Waals surface area contributed by atoms with Gasteiger partial charge in [0.05, 0.1) is 12.1 Å². The number of piperidine rings is 2. The van der Waals surface area contributed by atoms with Gasteiger partial charge in [-0.15, -0.1) is 0 Å². The van der Waals surface area contributed by atoms with Crippen LogP contribution in [-0.4, -0.2) is 41.8 Å². The van der Waals surface area contributed by atoms with Crippen LogP contribution in [0.3, 0.4) is 0 Å². The molecule has 0 saturated carbocycles. The second-order valence-corrected chi connectivity index (χ2v) is 4.61. The standard InChI is InChI=1S/C11H20N2O2/c14-11(15)9-4-7-13(8-5-9)10-3-1-2-6-12-10/h9-10,12H,1-8H2,(H,14,15). The van der Waals surface area contributed by atoms with Gasteiger partial charge < -0.3 is 10.4 Å². The molecule has 0 spiro atoms. The van der Waals surface area contributed by atoms with E-state index in [1.165, 1.54) is 19.3 Å². The number of nitrogens with zero attached hydrogens (tertiary/aromatic N) is 1. The van der Waals surface area contributed by atoms with Gasteiger partial charge in [0.15, 0.2) is 0 Å². The molecule has 0 aromatic carbocycles. The lowest BCUT2D eigenvalue weighted by atomic mass is 9.96. The third kappa shape index (κ3) is 2.69. The van der Waals surface area contributed by atoms with Gasteiger partial charge in [-0.25, -0.2) is 0 Å². The average molecular weight is 212 g/mol. The van der Waals surface area contributed by atoms with Crippen LogP contribution in [0.4, 0.5) is 0 Å². The Morgan fingerprint density at radius 3 is 2.47 bits per heavy atom. The summed E-state index contributed by atoms with van der Waals surface area (Å²) in [5.74, 6) is -0.726. The normalized spacial score (nSPS) is 30.3. The van der Waals surface area contributed by atoms with Gasteiger partial charge in [-0.3, -0.25) is 9.69 Å². The van der Waals surface area contributed by atoms with Crippen molar-refractivity contribution >= 4 is 5.97 Å². The van der Waals surface area contributed by atoms with Crippen molar-refractivity contribution in [1.82, 2.24) is 10.2 Å². The van der Waals surface area contributed by atoms with Gasteiger partial charge in [-0.1, -0.05) is 0 Å². The van der Waals surface area contributed by atoms with Crippen LogP contribution in [-0.2, 0) is 4.79 Å². The Balaban J connectivity index is 1.79. The highest BCUT2D eigenvalue weighted by Crippen LogP contribution is 2.21. The smallest absolute Gasteiger partial charge is 0.306 e. The number of carbonyl (C=O) groups is 1. The van der Waals surface area contributed by atoms with Gasteiger partial charge in [0, 0.05) is 13.1 Å². The van der Waals surface area contributed by atoms with Gasteiger partial charge >= 0.3 is 5.97 Å². The van der Waals surface area contributed by atoms with E-state index in [0.717, 1.165) is 32.5 Å². The van der Waals surface area contributed by atoms with Crippen molar-refractivity contribution in [2.75, 3.05) is 19.6 Å². The summed E-state index contributed by atoms with van der Waals surface area (Å²) in [5, 5.41) is 12.4.